The van der Waals surface area contributed by atoms with Crippen molar-refractivity contribution in [2.45, 2.75) is 110 Å². The van der Waals surface area contributed by atoms with Gasteiger partial charge in [-0.3, -0.25) is 4.79 Å². The van der Waals surface area contributed by atoms with E-state index in [4.69, 9.17) is 14.2 Å². The number of hydrogen-bond donors (Lipinski definition) is 4. The molecule has 2 aromatic rings. The highest BCUT2D eigenvalue weighted by Gasteiger charge is 2.34. The first-order chi connectivity index (χ1) is 28.2. The molecule has 10 heteroatoms. The summed E-state index contributed by atoms with van der Waals surface area (Å²) < 4.78 is 17.8. The number of esters is 2. The van der Waals surface area contributed by atoms with Crippen LogP contribution in [0, 0.1) is 35.5 Å². The molecule has 0 aliphatic carbocycles. The molecule has 0 saturated heterocycles. The molecule has 322 valence electrons. The maximum absolute atomic E-state index is 13.8. The van der Waals surface area contributed by atoms with Gasteiger partial charge in [-0.15, -0.1) is 0 Å². The molecule has 2 aromatic carbocycles. The number of nitrogens with one attached hydrogen (secondary N) is 1. The van der Waals surface area contributed by atoms with E-state index in [1.165, 1.54) is 6.08 Å². The average molecular weight is 814 g/mol. The summed E-state index contributed by atoms with van der Waals surface area (Å²) in [5.74, 6) is -2.92. The van der Waals surface area contributed by atoms with E-state index in [2.05, 4.69) is 18.8 Å². The number of benzene rings is 2. The van der Waals surface area contributed by atoms with Crippen molar-refractivity contribution in [3.8, 4) is 0 Å². The Balaban J connectivity index is 1.93. The summed E-state index contributed by atoms with van der Waals surface area (Å²) in [4.78, 5) is 40.2. The van der Waals surface area contributed by atoms with Crippen LogP contribution in [0.2, 0.25) is 0 Å². The molecule has 1 aliphatic heterocycles. The molecule has 10 nitrogen and oxygen atoms in total. The van der Waals surface area contributed by atoms with Gasteiger partial charge in [-0.2, -0.15) is 0 Å². The van der Waals surface area contributed by atoms with Gasteiger partial charge >= 0.3 is 11.9 Å². The summed E-state index contributed by atoms with van der Waals surface area (Å²) in [6.07, 6.45) is 12.4. The summed E-state index contributed by atoms with van der Waals surface area (Å²) >= 11 is 0. The van der Waals surface area contributed by atoms with Gasteiger partial charge in [-0.05, 0) is 54.9 Å². The van der Waals surface area contributed by atoms with E-state index in [1.54, 1.807) is 98.2 Å². The number of aliphatic hydroxyl groups is 3. The van der Waals surface area contributed by atoms with E-state index in [1.807, 2.05) is 52.8 Å². The van der Waals surface area contributed by atoms with Crippen molar-refractivity contribution in [2.24, 2.45) is 35.5 Å². The van der Waals surface area contributed by atoms with Crippen LogP contribution in [-0.4, -0.2) is 76.9 Å². The Morgan fingerprint density at radius 1 is 0.898 bits per heavy atom. The van der Waals surface area contributed by atoms with Crippen LogP contribution in [0.15, 0.2) is 122 Å². The molecule has 0 spiro atoms. The van der Waals surface area contributed by atoms with Crippen molar-refractivity contribution in [1.29, 1.82) is 0 Å². The minimum absolute atomic E-state index is 0.0961. The number of methoxy groups -OCH3 is 1. The zero-order valence-corrected chi connectivity index (χ0v) is 35.8. The molecule has 59 heavy (non-hydrogen) atoms. The van der Waals surface area contributed by atoms with Crippen LogP contribution >= 0.6 is 0 Å². The van der Waals surface area contributed by atoms with Crippen molar-refractivity contribution in [3.05, 3.63) is 133 Å². The first kappa shape index (κ1) is 48.8. The molecule has 1 heterocycles. The topological polar surface area (TPSA) is 152 Å². The third-order valence-electron chi connectivity index (χ3n) is 11.3. The van der Waals surface area contributed by atoms with E-state index in [-0.39, 0.29) is 41.9 Å². The fraction of sp³-hybridized carbons (Fsp3) is 0.490. The average Bonchev–Trinajstić information content (AvgIpc) is 3.24. The second-order valence-electron chi connectivity index (χ2n) is 16.2. The number of aliphatic hydroxyl groups excluding tert-OH is 3. The van der Waals surface area contributed by atoms with Gasteiger partial charge in [0.15, 0.2) is 6.10 Å². The zero-order valence-electron chi connectivity index (χ0n) is 35.8. The minimum atomic E-state index is -1.76. The number of cyclic esters (lactones) is 1. The predicted molar refractivity (Wildman–Crippen MR) is 232 cm³/mol. The molecule has 0 bridgehead atoms. The molecule has 0 aromatic heterocycles. The Morgan fingerprint density at radius 3 is 2.20 bits per heavy atom. The van der Waals surface area contributed by atoms with Crippen molar-refractivity contribution in [3.63, 3.8) is 0 Å². The maximum Gasteiger partial charge on any atom is 0.338 e. The van der Waals surface area contributed by atoms with Gasteiger partial charge in [-0.25, -0.2) is 9.59 Å². The number of allylic oxidation sites excluding steroid dienone is 4. The molecule has 13 atom stereocenters. The SMILES string of the molecule is C=C/C=C\[C@H](C)[C@@H]1OC(=O)/C=C\C=C\[C@@H](C)C(OC)CC(OC(=O)[C@H](O)[C@@H](NC(=O)c2ccccc2)c2ccccc2)/C=C\[C@H](C)[C@H](O)[C@@H](C)C[C@@H](C)CC[C@@H](O)[C@@H]1C. The maximum atomic E-state index is 13.8. The molecule has 0 saturated carbocycles. The fourth-order valence-corrected chi connectivity index (χ4v) is 7.58. The molecule has 1 aliphatic rings. The van der Waals surface area contributed by atoms with Crippen molar-refractivity contribution in [1.82, 2.24) is 5.32 Å². The van der Waals surface area contributed by atoms with Crippen LogP contribution in [0.4, 0.5) is 0 Å². The van der Waals surface area contributed by atoms with Crippen LogP contribution in [0.25, 0.3) is 0 Å². The van der Waals surface area contributed by atoms with Gasteiger partial charge in [0.25, 0.3) is 5.91 Å². The van der Waals surface area contributed by atoms with E-state index >= 15 is 0 Å². The number of carbonyl (C=O) groups excluding carboxylic acids is 3. The Morgan fingerprint density at radius 2 is 1.56 bits per heavy atom. The Kier molecular flexibility index (Phi) is 20.8. The van der Waals surface area contributed by atoms with E-state index < -0.39 is 60.5 Å². The second-order valence-corrected chi connectivity index (χ2v) is 16.2. The summed E-state index contributed by atoms with van der Waals surface area (Å²) in [6, 6.07) is 16.2. The van der Waals surface area contributed by atoms with E-state index in [9.17, 15) is 29.7 Å². The summed E-state index contributed by atoms with van der Waals surface area (Å²) in [5.41, 5.74) is 0.886. The molecule has 4 N–H and O–H groups in total. The first-order valence-corrected chi connectivity index (χ1v) is 20.9. The molecule has 0 radical (unpaired) electrons. The number of amides is 1. The van der Waals surface area contributed by atoms with Crippen LogP contribution in [0.1, 0.15) is 89.2 Å². The standard InChI is InChI=1S/C49H67NO9/c1-9-10-19-35(5)47-37(7)41(51)29-26-32(2)30-36(6)45(53)34(4)27-28-40(31-42(57-8)33(3)20-17-18-25-43(52)59-47)58-49(56)46(54)44(38-21-13-11-14-22-38)50-48(55)39-23-15-12-16-24-39/h9-25,27-28,32-37,40-42,44-47,51,53-54H,1,26,29-31H2,2-8H3,(H,50,55)/b19-10-,20-17+,25-18-,28-27-/t32-,33+,34-,35-,36-,37-,40?,41+,42?,44-,45-,46+,47-/m0/s1. The van der Waals surface area contributed by atoms with Crippen LogP contribution < -0.4 is 5.32 Å². The lowest BCUT2D eigenvalue weighted by Crippen LogP contribution is -2.42. The molecule has 2 unspecified atom stereocenters. The largest absolute Gasteiger partial charge is 0.458 e. The third kappa shape index (κ3) is 15.8. The van der Waals surface area contributed by atoms with Crippen LogP contribution in [0.3, 0.4) is 0 Å². The zero-order chi connectivity index (χ0) is 43.5. The monoisotopic (exact) mass is 813 g/mol. The smallest absolute Gasteiger partial charge is 0.338 e. The molecule has 3 rings (SSSR count). The summed E-state index contributed by atoms with van der Waals surface area (Å²) in [6.45, 7) is 15.5. The first-order valence-electron chi connectivity index (χ1n) is 20.9. The molecule has 1 amide bonds. The number of hydrogen-bond acceptors (Lipinski definition) is 9. The summed E-state index contributed by atoms with van der Waals surface area (Å²) in [5, 5.41) is 37.1. The van der Waals surface area contributed by atoms with Gasteiger partial charge in [0.1, 0.15) is 12.2 Å². The van der Waals surface area contributed by atoms with Crippen molar-refractivity contribution >= 4 is 17.8 Å². The quantitative estimate of drug-likeness (QED) is 0.107. The lowest BCUT2D eigenvalue weighted by atomic mass is 9.82. The van der Waals surface area contributed by atoms with Gasteiger partial charge in [0.2, 0.25) is 0 Å². The molecular formula is C49H67NO9. The van der Waals surface area contributed by atoms with Gasteiger partial charge in [0.05, 0.1) is 24.4 Å². The number of ether oxygens (including phenoxy) is 3. The number of carbonyl (C=O) groups is 3. The normalized spacial score (nSPS) is 31.2. The fourth-order valence-electron chi connectivity index (χ4n) is 7.58. The van der Waals surface area contributed by atoms with Crippen molar-refractivity contribution in [2.75, 3.05) is 7.11 Å². The highest BCUT2D eigenvalue weighted by atomic mass is 16.6. The summed E-state index contributed by atoms with van der Waals surface area (Å²) in [7, 11) is 1.56. The van der Waals surface area contributed by atoms with E-state index in [0.717, 1.165) is 0 Å². The van der Waals surface area contributed by atoms with Gasteiger partial charge < -0.3 is 34.8 Å². The highest BCUT2D eigenvalue weighted by Crippen LogP contribution is 2.29. The van der Waals surface area contributed by atoms with E-state index in [0.29, 0.717) is 30.4 Å². The lowest BCUT2D eigenvalue weighted by molar-refractivity contribution is -0.160. The number of rotatable bonds is 10. The Hall–Kier alpha value is -4.61. The minimum Gasteiger partial charge on any atom is -0.458 e. The van der Waals surface area contributed by atoms with Crippen molar-refractivity contribution < 1.29 is 43.9 Å². The van der Waals surface area contributed by atoms with Gasteiger partial charge in [0, 0.05) is 48.8 Å². The highest BCUT2D eigenvalue weighted by molar-refractivity contribution is 5.95. The van der Waals surface area contributed by atoms with Crippen LogP contribution in [-0.2, 0) is 23.8 Å². The lowest BCUT2D eigenvalue weighted by Gasteiger charge is -2.31. The Labute approximate surface area is 351 Å². The molecule has 0 fully saturated rings. The second kappa shape index (κ2) is 25.1. The third-order valence-corrected chi connectivity index (χ3v) is 11.3. The predicted octanol–water partition coefficient (Wildman–Crippen LogP) is 7.88. The Bertz CT molecular complexity index is 1710. The molecular weight excluding hydrogens is 747 g/mol. The van der Waals surface area contributed by atoms with Gasteiger partial charge in [-0.1, -0.05) is 139 Å². The van der Waals surface area contributed by atoms with Crippen LogP contribution in [0.5, 0.6) is 0 Å².